The number of morpholine rings is 1. The normalized spacial score (nSPS) is 21.7. The second kappa shape index (κ2) is 12.7. The molecule has 3 N–H and O–H groups in total. The molecular weight excluding hydrogens is 522 g/mol. The van der Waals surface area contributed by atoms with Crippen molar-refractivity contribution >= 4 is 35.4 Å². The number of hydrogen-bond acceptors (Lipinski definition) is 10. The fourth-order valence-electron chi connectivity index (χ4n) is 4.83. The smallest absolute Gasteiger partial charge is 0.407 e. The molecule has 0 aliphatic carbocycles. The van der Waals surface area contributed by atoms with Crippen LogP contribution in [0.5, 0.6) is 0 Å². The highest BCUT2D eigenvalue weighted by Crippen LogP contribution is 2.32. The standard InChI is InChI=1S/C27H37N5O8/c1-27(2,3)40-26(37)29-15-17-16-31(11-14-39-17)10-13-38-12-9-28-19-6-4-5-18-22(19)25(36)32(24(18)35)20-7-8-21(33)30-23(20)34/h4-6,17,20,28H,7-16H2,1-3H3,(H,29,37)(H,30,33,34). The molecule has 2 atom stereocenters. The Kier molecular flexibility index (Phi) is 9.38. The van der Waals surface area contributed by atoms with E-state index < -0.39 is 41.4 Å². The van der Waals surface area contributed by atoms with E-state index in [4.69, 9.17) is 14.2 Å². The number of imide groups is 2. The number of nitrogens with zero attached hydrogens (tertiary/aromatic N) is 2. The Bertz CT molecular complexity index is 1150. The lowest BCUT2D eigenvalue weighted by Crippen LogP contribution is -2.54. The maximum atomic E-state index is 13.2. The largest absolute Gasteiger partial charge is 0.444 e. The zero-order valence-electron chi connectivity index (χ0n) is 23.1. The van der Waals surface area contributed by atoms with Crippen LogP contribution in [0.2, 0.25) is 0 Å². The molecule has 0 aromatic heterocycles. The number of ether oxygens (including phenoxy) is 3. The van der Waals surface area contributed by atoms with Crippen molar-refractivity contribution in [2.45, 2.75) is 51.4 Å². The summed E-state index contributed by atoms with van der Waals surface area (Å²) in [5.41, 5.74) is 0.377. The molecule has 0 bridgehead atoms. The Morgan fingerprint density at radius 1 is 1.15 bits per heavy atom. The van der Waals surface area contributed by atoms with Crippen molar-refractivity contribution in [1.82, 2.24) is 20.4 Å². The predicted molar refractivity (Wildman–Crippen MR) is 143 cm³/mol. The van der Waals surface area contributed by atoms with E-state index in [0.717, 1.165) is 11.4 Å². The van der Waals surface area contributed by atoms with E-state index in [2.05, 4.69) is 20.9 Å². The molecule has 3 aliphatic heterocycles. The quantitative estimate of drug-likeness (QED) is 0.276. The maximum absolute atomic E-state index is 13.2. The van der Waals surface area contributed by atoms with Gasteiger partial charge in [0.2, 0.25) is 11.8 Å². The van der Waals surface area contributed by atoms with Crippen molar-refractivity contribution in [1.29, 1.82) is 0 Å². The highest BCUT2D eigenvalue weighted by Gasteiger charge is 2.45. The number of anilines is 1. The second-order valence-electron chi connectivity index (χ2n) is 10.9. The molecule has 0 radical (unpaired) electrons. The third-order valence-corrected chi connectivity index (χ3v) is 6.68. The lowest BCUT2D eigenvalue weighted by molar-refractivity contribution is -0.136. The highest BCUT2D eigenvalue weighted by atomic mass is 16.6. The van der Waals surface area contributed by atoms with Crippen molar-refractivity contribution in [3.8, 4) is 0 Å². The van der Waals surface area contributed by atoms with E-state index in [1.807, 2.05) is 20.8 Å². The molecule has 40 heavy (non-hydrogen) atoms. The monoisotopic (exact) mass is 559 g/mol. The van der Waals surface area contributed by atoms with Gasteiger partial charge in [-0.1, -0.05) is 6.07 Å². The summed E-state index contributed by atoms with van der Waals surface area (Å²) >= 11 is 0. The first-order chi connectivity index (χ1) is 19.0. The van der Waals surface area contributed by atoms with E-state index in [-0.39, 0.29) is 30.1 Å². The van der Waals surface area contributed by atoms with Gasteiger partial charge in [-0.2, -0.15) is 0 Å². The summed E-state index contributed by atoms with van der Waals surface area (Å²) in [6.07, 6.45) is -0.428. The minimum atomic E-state index is -1.01. The predicted octanol–water partition coefficient (Wildman–Crippen LogP) is 0.742. The Labute approximate surface area is 232 Å². The molecule has 13 heteroatoms. The van der Waals surface area contributed by atoms with Crippen LogP contribution in [0.1, 0.15) is 54.3 Å². The summed E-state index contributed by atoms with van der Waals surface area (Å²) in [6, 6.07) is 3.93. The van der Waals surface area contributed by atoms with Crippen LogP contribution >= 0.6 is 0 Å². The molecule has 0 saturated carbocycles. The number of benzene rings is 1. The minimum absolute atomic E-state index is 0.0698. The molecular formula is C27H37N5O8. The highest BCUT2D eigenvalue weighted by molar-refractivity contribution is 6.25. The van der Waals surface area contributed by atoms with Gasteiger partial charge in [0.05, 0.1) is 37.1 Å². The van der Waals surface area contributed by atoms with Gasteiger partial charge in [-0.25, -0.2) is 4.79 Å². The Morgan fingerprint density at radius 2 is 1.95 bits per heavy atom. The van der Waals surface area contributed by atoms with Crippen LogP contribution in [-0.2, 0) is 23.8 Å². The van der Waals surface area contributed by atoms with Crippen molar-refractivity contribution < 1.29 is 38.2 Å². The van der Waals surface area contributed by atoms with Crippen molar-refractivity contribution in [3.05, 3.63) is 29.3 Å². The fourth-order valence-corrected chi connectivity index (χ4v) is 4.83. The number of hydrogen-bond donors (Lipinski definition) is 3. The van der Waals surface area contributed by atoms with E-state index in [0.29, 0.717) is 51.7 Å². The molecule has 3 heterocycles. The summed E-state index contributed by atoms with van der Waals surface area (Å²) in [6.45, 7) is 9.74. The third kappa shape index (κ3) is 7.34. The number of nitrogens with one attached hydrogen (secondary N) is 3. The molecule has 5 amide bonds. The topological polar surface area (TPSA) is 156 Å². The van der Waals surface area contributed by atoms with Gasteiger partial charge < -0.3 is 24.8 Å². The van der Waals surface area contributed by atoms with E-state index in [1.165, 1.54) is 0 Å². The molecule has 13 nitrogen and oxygen atoms in total. The van der Waals surface area contributed by atoms with Crippen molar-refractivity contribution in [2.24, 2.45) is 0 Å². The molecule has 0 spiro atoms. The third-order valence-electron chi connectivity index (χ3n) is 6.68. The summed E-state index contributed by atoms with van der Waals surface area (Å²) < 4.78 is 16.8. The second-order valence-corrected chi connectivity index (χ2v) is 10.9. The molecule has 4 rings (SSSR count). The lowest BCUT2D eigenvalue weighted by Gasteiger charge is -2.33. The average Bonchev–Trinajstić information content (AvgIpc) is 3.14. The number of rotatable bonds is 10. The molecule has 218 valence electrons. The first-order valence-corrected chi connectivity index (χ1v) is 13.5. The number of alkyl carbamates (subject to hydrolysis) is 1. The molecule has 2 saturated heterocycles. The molecule has 2 unspecified atom stereocenters. The minimum Gasteiger partial charge on any atom is -0.444 e. The molecule has 3 aliphatic rings. The Hall–Kier alpha value is -3.55. The first kappa shape index (κ1) is 29.4. The Balaban J connectivity index is 1.19. The first-order valence-electron chi connectivity index (χ1n) is 13.5. The van der Waals surface area contributed by atoms with Gasteiger partial charge in [-0.15, -0.1) is 0 Å². The van der Waals surface area contributed by atoms with E-state index >= 15 is 0 Å². The summed E-state index contributed by atoms with van der Waals surface area (Å²) in [5, 5.41) is 8.10. The van der Waals surface area contributed by atoms with Crippen LogP contribution in [0, 0.1) is 0 Å². The van der Waals surface area contributed by atoms with Gasteiger partial charge in [0.15, 0.2) is 0 Å². The summed E-state index contributed by atoms with van der Waals surface area (Å²) in [5.74, 6) is -2.15. The molecule has 1 aromatic carbocycles. The van der Waals surface area contributed by atoms with Crippen LogP contribution < -0.4 is 16.0 Å². The van der Waals surface area contributed by atoms with Crippen LogP contribution in [0.25, 0.3) is 0 Å². The number of carbonyl (C=O) groups excluding carboxylic acids is 5. The van der Waals surface area contributed by atoms with Crippen molar-refractivity contribution in [3.63, 3.8) is 0 Å². The van der Waals surface area contributed by atoms with Crippen LogP contribution in [0.15, 0.2) is 18.2 Å². The number of piperidine rings is 1. The van der Waals surface area contributed by atoms with Crippen LogP contribution in [0.3, 0.4) is 0 Å². The number of fused-ring (bicyclic) bond motifs is 1. The fraction of sp³-hybridized carbons (Fsp3) is 0.593. The summed E-state index contributed by atoms with van der Waals surface area (Å²) in [4.78, 5) is 64.9. The van der Waals surface area contributed by atoms with Gasteiger partial charge in [-0.3, -0.25) is 34.3 Å². The number of carbonyl (C=O) groups is 5. The van der Waals surface area contributed by atoms with E-state index in [9.17, 15) is 24.0 Å². The molecule has 2 fully saturated rings. The average molecular weight is 560 g/mol. The van der Waals surface area contributed by atoms with Crippen LogP contribution in [-0.4, -0.2) is 110 Å². The van der Waals surface area contributed by atoms with Gasteiger partial charge in [0.1, 0.15) is 11.6 Å². The zero-order valence-corrected chi connectivity index (χ0v) is 23.1. The Morgan fingerprint density at radius 3 is 2.70 bits per heavy atom. The SMILES string of the molecule is CC(C)(C)OC(=O)NCC1CN(CCOCCNc2cccc3c2C(=O)N(C2CCC(=O)NC2=O)C3=O)CCO1. The maximum Gasteiger partial charge on any atom is 0.407 e. The van der Waals surface area contributed by atoms with Gasteiger partial charge in [0, 0.05) is 44.8 Å². The van der Waals surface area contributed by atoms with Gasteiger partial charge >= 0.3 is 6.09 Å². The zero-order chi connectivity index (χ0) is 28.9. The van der Waals surface area contributed by atoms with E-state index in [1.54, 1.807) is 18.2 Å². The number of amides is 5. The van der Waals surface area contributed by atoms with Crippen molar-refractivity contribution in [2.75, 3.05) is 57.9 Å². The lowest BCUT2D eigenvalue weighted by atomic mass is 10.0. The van der Waals surface area contributed by atoms with Gasteiger partial charge in [-0.05, 0) is 39.3 Å². The van der Waals surface area contributed by atoms with Gasteiger partial charge in [0.25, 0.3) is 11.8 Å². The summed E-state index contributed by atoms with van der Waals surface area (Å²) in [7, 11) is 0. The van der Waals surface area contributed by atoms with Crippen LogP contribution in [0.4, 0.5) is 10.5 Å². The molecule has 1 aromatic rings.